The van der Waals surface area contributed by atoms with Crippen molar-refractivity contribution in [3.63, 3.8) is 0 Å². The van der Waals surface area contributed by atoms with Crippen LogP contribution in [-0.2, 0) is 11.3 Å². The summed E-state index contributed by atoms with van der Waals surface area (Å²) in [6.07, 6.45) is 1.07. The van der Waals surface area contributed by atoms with Crippen molar-refractivity contribution in [2.24, 2.45) is 0 Å². The number of nitrogens with zero attached hydrogens (tertiary/aromatic N) is 2. The third-order valence-electron chi connectivity index (χ3n) is 4.56. The number of piperidine rings is 1. The Morgan fingerprint density at radius 1 is 1.41 bits per heavy atom. The van der Waals surface area contributed by atoms with E-state index in [1.807, 2.05) is 0 Å². The Morgan fingerprint density at radius 3 is 2.78 bits per heavy atom. The minimum Gasteiger partial charge on any atom is -0.491 e. The van der Waals surface area contributed by atoms with Gasteiger partial charge >= 0.3 is 6.03 Å². The summed E-state index contributed by atoms with van der Waals surface area (Å²) >= 11 is 0. The average Bonchev–Trinajstić information content (AvgIpc) is 2.61. The maximum atomic E-state index is 13.9. The van der Waals surface area contributed by atoms with E-state index < -0.39 is 11.4 Å². The summed E-state index contributed by atoms with van der Waals surface area (Å²) < 4.78 is 19.0. The van der Waals surface area contributed by atoms with Gasteiger partial charge in [0.2, 0.25) is 5.91 Å². The molecular weight excluding hydrogens is 353 g/mol. The Kier molecular flexibility index (Phi) is 7.01. The lowest BCUT2D eigenvalue weighted by Gasteiger charge is -2.39. The standard InChI is InChI=1S/C19H28FN3O4/c1-4-27-16-7-6-14(10-15(16)20)12-21-18(25)23-9-5-8-19(26,13-23)11-17(24)22(2)3/h6-7,10,26H,4-5,8-9,11-13H2,1-3H3,(H,21,25). The van der Waals surface area contributed by atoms with Crippen LogP contribution in [0.15, 0.2) is 18.2 Å². The number of urea groups is 1. The number of carbonyl (C=O) groups excluding carboxylic acids is 2. The summed E-state index contributed by atoms with van der Waals surface area (Å²) in [6.45, 7) is 2.91. The van der Waals surface area contributed by atoms with Gasteiger partial charge in [-0.1, -0.05) is 6.07 Å². The monoisotopic (exact) mass is 381 g/mol. The smallest absolute Gasteiger partial charge is 0.317 e. The van der Waals surface area contributed by atoms with Crippen molar-refractivity contribution in [1.29, 1.82) is 0 Å². The highest BCUT2D eigenvalue weighted by atomic mass is 19.1. The molecule has 0 aromatic heterocycles. The summed E-state index contributed by atoms with van der Waals surface area (Å²) in [5.74, 6) is -0.470. The van der Waals surface area contributed by atoms with Crippen molar-refractivity contribution in [2.75, 3.05) is 33.8 Å². The molecule has 1 unspecified atom stereocenters. The molecule has 3 amide bonds. The van der Waals surface area contributed by atoms with Crippen LogP contribution in [0.1, 0.15) is 31.7 Å². The van der Waals surface area contributed by atoms with E-state index in [9.17, 15) is 19.1 Å². The van der Waals surface area contributed by atoms with Crippen molar-refractivity contribution < 1.29 is 23.8 Å². The normalized spacial score (nSPS) is 19.5. The van der Waals surface area contributed by atoms with E-state index in [1.165, 1.54) is 21.9 Å². The van der Waals surface area contributed by atoms with E-state index in [-0.39, 0.29) is 37.2 Å². The molecule has 2 rings (SSSR count). The molecule has 1 aliphatic heterocycles. The van der Waals surface area contributed by atoms with Crippen LogP contribution in [0.3, 0.4) is 0 Å². The molecule has 0 aliphatic carbocycles. The Balaban J connectivity index is 1.91. The summed E-state index contributed by atoms with van der Waals surface area (Å²) in [5.41, 5.74) is -0.610. The first-order valence-corrected chi connectivity index (χ1v) is 9.10. The van der Waals surface area contributed by atoms with Crippen molar-refractivity contribution in [2.45, 2.75) is 38.3 Å². The fourth-order valence-corrected chi connectivity index (χ4v) is 3.09. The Bertz CT molecular complexity index is 683. The summed E-state index contributed by atoms with van der Waals surface area (Å²) in [5, 5.41) is 13.4. The molecule has 7 nitrogen and oxygen atoms in total. The van der Waals surface area contributed by atoms with Gasteiger partial charge < -0.3 is 25.0 Å². The van der Waals surface area contributed by atoms with Gasteiger partial charge in [-0.25, -0.2) is 9.18 Å². The molecule has 1 saturated heterocycles. The summed E-state index contributed by atoms with van der Waals surface area (Å²) in [4.78, 5) is 27.3. The van der Waals surface area contributed by atoms with Crippen molar-refractivity contribution in [3.8, 4) is 5.75 Å². The van der Waals surface area contributed by atoms with Crippen LogP contribution in [0, 0.1) is 5.82 Å². The van der Waals surface area contributed by atoms with Gasteiger partial charge in [0.25, 0.3) is 0 Å². The Morgan fingerprint density at radius 2 is 2.15 bits per heavy atom. The number of rotatable bonds is 6. The van der Waals surface area contributed by atoms with Crippen LogP contribution in [0.4, 0.5) is 9.18 Å². The first kappa shape index (κ1) is 21.0. The molecule has 1 aromatic carbocycles. The molecule has 1 atom stereocenters. The summed E-state index contributed by atoms with van der Waals surface area (Å²) in [7, 11) is 3.27. The number of β-amino-alcohol motifs (C(OH)–C–C–N with tert-alkyl or cyclic N) is 1. The van der Waals surface area contributed by atoms with E-state index >= 15 is 0 Å². The molecule has 27 heavy (non-hydrogen) atoms. The lowest BCUT2D eigenvalue weighted by Crippen LogP contribution is -2.54. The Hall–Kier alpha value is -2.35. The first-order chi connectivity index (χ1) is 12.7. The lowest BCUT2D eigenvalue weighted by molar-refractivity contribution is -0.135. The second-order valence-corrected chi connectivity index (χ2v) is 7.07. The lowest BCUT2D eigenvalue weighted by atomic mass is 9.89. The average molecular weight is 381 g/mol. The Labute approximate surface area is 159 Å². The van der Waals surface area contributed by atoms with Crippen LogP contribution >= 0.6 is 0 Å². The van der Waals surface area contributed by atoms with Crippen LogP contribution in [-0.4, -0.2) is 66.2 Å². The number of nitrogens with one attached hydrogen (secondary N) is 1. The van der Waals surface area contributed by atoms with Crippen molar-refractivity contribution in [1.82, 2.24) is 15.1 Å². The number of hydrogen-bond donors (Lipinski definition) is 2. The number of likely N-dealkylation sites (tertiary alicyclic amines) is 1. The van der Waals surface area contributed by atoms with E-state index in [2.05, 4.69) is 5.32 Å². The fraction of sp³-hybridized carbons (Fsp3) is 0.579. The second-order valence-electron chi connectivity index (χ2n) is 7.07. The maximum Gasteiger partial charge on any atom is 0.317 e. The topological polar surface area (TPSA) is 82.1 Å². The summed E-state index contributed by atoms with van der Waals surface area (Å²) in [6, 6.07) is 4.21. The molecule has 150 valence electrons. The number of benzene rings is 1. The predicted molar refractivity (Wildman–Crippen MR) is 98.9 cm³/mol. The highest BCUT2D eigenvalue weighted by Crippen LogP contribution is 2.25. The van der Waals surface area contributed by atoms with E-state index in [0.717, 1.165) is 0 Å². The van der Waals surface area contributed by atoms with Gasteiger partial charge in [0.15, 0.2) is 11.6 Å². The van der Waals surface area contributed by atoms with Gasteiger partial charge in [-0.15, -0.1) is 0 Å². The zero-order valence-electron chi connectivity index (χ0n) is 16.1. The quantitative estimate of drug-likeness (QED) is 0.786. The molecule has 0 radical (unpaired) electrons. The molecule has 2 N–H and O–H groups in total. The number of carbonyl (C=O) groups is 2. The third-order valence-corrected chi connectivity index (χ3v) is 4.56. The second kappa shape index (κ2) is 9.03. The van der Waals surface area contributed by atoms with Crippen molar-refractivity contribution >= 4 is 11.9 Å². The van der Waals surface area contributed by atoms with Gasteiger partial charge in [-0.3, -0.25) is 4.79 Å². The number of halogens is 1. The first-order valence-electron chi connectivity index (χ1n) is 9.10. The maximum absolute atomic E-state index is 13.9. The number of ether oxygens (including phenoxy) is 1. The van der Waals surface area contributed by atoms with Crippen LogP contribution in [0.25, 0.3) is 0 Å². The molecule has 0 bridgehead atoms. The zero-order valence-corrected chi connectivity index (χ0v) is 16.1. The van der Waals surface area contributed by atoms with Gasteiger partial charge in [-0.2, -0.15) is 0 Å². The minimum atomic E-state index is -1.22. The van der Waals surface area contributed by atoms with Crippen LogP contribution < -0.4 is 10.1 Å². The molecule has 8 heteroatoms. The zero-order chi connectivity index (χ0) is 20.0. The number of aliphatic hydroxyl groups is 1. The molecule has 1 aliphatic rings. The highest BCUT2D eigenvalue weighted by molar-refractivity contribution is 5.77. The van der Waals surface area contributed by atoms with Gasteiger partial charge in [-0.05, 0) is 37.5 Å². The highest BCUT2D eigenvalue weighted by Gasteiger charge is 2.37. The predicted octanol–water partition coefficient (Wildman–Crippen LogP) is 1.74. The fourth-order valence-electron chi connectivity index (χ4n) is 3.09. The van der Waals surface area contributed by atoms with E-state index in [0.29, 0.717) is 31.6 Å². The molecule has 1 heterocycles. The third kappa shape index (κ3) is 5.82. The molecule has 1 aromatic rings. The minimum absolute atomic E-state index is 0.0200. The van der Waals surface area contributed by atoms with Gasteiger partial charge in [0.1, 0.15) is 0 Å². The molecular formula is C19H28FN3O4. The largest absolute Gasteiger partial charge is 0.491 e. The van der Waals surface area contributed by atoms with Gasteiger partial charge in [0.05, 0.1) is 25.2 Å². The van der Waals surface area contributed by atoms with Crippen molar-refractivity contribution in [3.05, 3.63) is 29.6 Å². The molecule has 0 spiro atoms. The molecule has 0 saturated carbocycles. The molecule has 1 fully saturated rings. The van der Waals surface area contributed by atoms with Gasteiger partial charge in [0, 0.05) is 27.2 Å². The van der Waals surface area contributed by atoms with E-state index in [4.69, 9.17) is 4.74 Å². The van der Waals surface area contributed by atoms with Crippen LogP contribution in [0.2, 0.25) is 0 Å². The van der Waals surface area contributed by atoms with Crippen LogP contribution in [0.5, 0.6) is 5.75 Å². The van der Waals surface area contributed by atoms with E-state index in [1.54, 1.807) is 27.1 Å². The SMILES string of the molecule is CCOc1ccc(CNC(=O)N2CCCC(O)(CC(=O)N(C)C)C2)cc1F. The number of hydrogen-bond acceptors (Lipinski definition) is 4. The number of amides is 3.